The van der Waals surface area contributed by atoms with Gasteiger partial charge in [0.05, 0.1) is 22.7 Å². The quantitative estimate of drug-likeness (QED) is 0.821. The Hall–Kier alpha value is -1.93. The zero-order chi connectivity index (χ0) is 17.6. The molecule has 1 amide bonds. The van der Waals surface area contributed by atoms with E-state index in [0.29, 0.717) is 21.3 Å². The predicted molar refractivity (Wildman–Crippen MR) is 89.8 cm³/mol. The van der Waals surface area contributed by atoms with E-state index in [9.17, 15) is 18.0 Å². The molecule has 0 aliphatic carbocycles. The van der Waals surface area contributed by atoms with Crippen LogP contribution < -0.4 is 10.0 Å². The van der Waals surface area contributed by atoms with Crippen LogP contribution in [0.3, 0.4) is 0 Å². The van der Waals surface area contributed by atoms with Gasteiger partial charge in [0.2, 0.25) is 10.0 Å². The molecule has 0 unspecified atom stereocenters. The van der Waals surface area contributed by atoms with Crippen molar-refractivity contribution in [3.05, 3.63) is 57.6 Å². The molecule has 0 saturated carbocycles. The highest BCUT2D eigenvalue weighted by Gasteiger charge is 2.36. The van der Waals surface area contributed by atoms with Crippen molar-refractivity contribution in [3.63, 3.8) is 0 Å². The van der Waals surface area contributed by atoms with E-state index in [1.54, 1.807) is 18.2 Å². The summed E-state index contributed by atoms with van der Waals surface area (Å²) in [6, 6.07) is 8.54. The first-order chi connectivity index (χ1) is 11.2. The molecule has 124 valence electrons. The summed E-state index contributed by atoms with van der Waals surface area (Å²) >= 11 is 11.9. The first-order valence-corrected chi connectivity index (χ1v) is 8.95. The molecule has 2 N–H and O–H groups in total. The van der Waals surface area contributed by atoms with Crippen molar-refractivity contribution < 1.29 is 18.0 Å². The van der Waals surface area contributed by atoms with Gasteiger partial charge < -0.3 is 4.90 Å². The van der Waals surface area contributed by atoms with Crippen molar-refractivity contribution in [2.45, 2.75) is 11.4 Å². The van der Waals surface area contributed by atoms with Crippen LogP contribution in [0.25, 0.3) is 0 Å². The fraction of sp³-hybridized carbons (Fsp3) is 0.0667. The molecule has 9 heteroatoms. The number of amides is 1. The Morgan fingerprint density at radius 2 is 1.62 bits per heavy atom. The van der Waals surface area contributed by atoms with Crippen LogP contribution in [0.15, 0.2) is 41.3 Å². The molecule has 2 aromatic rings. The summed E-state index contributed by atoms with van der Waals surface area (Å²) in [7, 11) is -3.97. The van der Waals surface area contributed by atoms with Gasteiger partial charge in [0.15, 0.2) is 0 Å². The maximum atomic E-state index is 12.2. The zero-order valence-corrected chi connectivity index (χ0v) is 14.3. The van der Waals surface area contributed by atoms with Crippen molar-refractivity contribution in [2.75, 3.05) is 4.90 Å². The van der Waals surface area contributed by atoms with E-state index in [-0.39, 0.29) is 17.0 Å². The normalized spacial score (nSPS) is 14.2. The Morgan fingerprint density at radius 3 is 2.21 bits per heavy atom. The summed E-state index contributed by atoms with van der Waals surface area (Å²) in [4.78, 5) is 25.4. The molecule has 1 aliphatic rings. The molecular weight excluding hydrogens is 375 g/mol. The van der Waals surface area contributed by atoms with Gasteiger partial charge in [0, 0.05) is 10.0 Å². The summed E-state index contributed by atoms with van der Waals surface area (Å²) in [5.74, 6) is -1.55. The third-order valence-corrected chi connectivity index (χ3v) is 4.88. The van der Waals surface area contributed by atoms with Gasteiger partial charge in [0.1, 0.15) is 0 Å². The molecule has 0 aromatic heterocycles. The van der Waals surface area contributed by atoms with Crippen molar-refractivity contribution >= 4 is 50.6 Å². The third-order valence-electron chi connectivity index (χ3n) is 3.53. The lowest BCUT2D eigenvalue weighted by Gasteiger charge is -2.17. The second kappa shape index (κ2) is 5.86. The lowest BCUT2D eigenvalue weighted by Crippen LogP contribution is -2.29. The lowest BCUT2D eigenvalue weighted by atomic mass is 10.1. The zero-order valence-electron chi connectivity index (χ0n) is 12.0. The summed E-state index contributed by atoms with van der Waals surface area (Å²) < 4.78 is 22.8. The van der Waals surface area contributed by atoms with Crippen LogP contribution in [-0.2, 0) is 21.4 Å². The number of anilines is 1. The van der Waals surface area contributed by atoms with E-state index in [1.807, 2.05) is 0 Å². The van der Waals surface area contributed by atoms with Crippen LogP contribution in [0.5, 0.6) is 0 Å². The minimum atomic E-state index is -3.97. The number of halogens is 2. The van der Waals surface area contributed by atoms with E-state index in [0.717, 1.165) is 6.07 Å². The Morgan fingerprint density at radius 1 is 1.00 bits per heavy atom. The van der Waals surface area contributed by atoms with Gasteiger partial charge in [-0.05, 0) is 42.0 Å². The molecule has 0 radical (unpaired) electrons. The highest BCUT2D eigenvalue weighted by Crippen LogP contribution is 2.32. The van der Waals surface area contributed by atoms with E-state index in [4.69, 9.17) is 28.3 Å². The molecule has 0 fully saturated rings. The largest absolute Gasteiger partial charge is 0.300 e. The van der Waals surface area contributed by atoms with Crippen LogP contribution in [0.4, 0.5) is 5.69 Å². The Balaban J connectivity index is 2.03. The minimum absolute atomic E-state index is 0.000324. The fourth-order valence-corrected chi connectivity index (χ4v) is 3.61. The summed E-state index contributed by atoms with van der Waals surface area (Å²) in [6.45, 7) is 0.0760. The monoisotopic (exact) mass is 384 g/mol. The van der Waals surface area contributed by atoms with Gasteiger partial charge in [-0.2, -0.15) is 0 Å². The van der Waals surface area contributed by atoms with Gasteiger partial charge in [-0.3, -0.25) is 9.59 Å². The second-order valence-corrected chi connectivity index (χ2v) is 7.66. The summed E-state index contributed by atoms with van der Waals surface area (Å²) in [6.07, 6.45) is 0. The van der Waals surface area contributed by atoms with Crippen LogP contribution in [0.1, 0.15) is 15.9 Å². The molecule has 6 nitrogen and oxygen atoms in total. The van der Waals surface area contributed by atoms with Crippen molar-refractivity contribution in [1.82, 2.24) is 0 Å². The Bertz CT molecular complexity index is 969. The van der Waals surface area contributed by atoms with Gasteiger partial charge in [-0.25, -0.2) is 13.6 Å². The second-order valence-electron chi connectivity index (χ2n) is 5.22. The first kappa shape index (κ1) is 16.9. The van der Waals surface area contributed by atoms with Crippen LogP contribution in [-0.4, -0.2) is 20.1 Å². The number of nitrogens with zero attached hydrogens (tertiary/aromatic N) is 1. The van der Waals surface area contributed by atoms with Crippen molar-refractivity contribution in [1.29, 1.82) is 0 Å². The average Bonchev–Trinajstić information content (AvgIpc) is 2.70. The maximum Gasteiger partial charge on any atom is 0.299 e. The number of fused-ring (bicyclic) bond motifs is 1. The molecular formula is C15H10Cl2N2O4S. The third kappa shape index (κ3) is 3.03. The number of nitrogens with two attached hydrogens (primary N) is 1. The van der Waals surface area contributed by atoms with E-state index in [2.05, 4.69) is 0 Å². The number of ketones is 1. The lowest BCUT2D eigenvalue weighted by molar-refractivity contribution is -0.114. The Labute approximate surface area is 147 Å². The number of benzene rings is 2. The topological polar surface area (TPSA) is 97.5 Å². The molecule has 0 bridgehead atoms. The molecule has 24 heavy (non-hydrogen) atoms. The number of Topliss-reactive ketones (excluding diaryl/α,β-unsaturated/α-hetero) is 1. The van der Waals surface area contributed by atoms with Gasteiger partial charge in [-0.1, -0.05) is 23.2 Å². The number of primary sulfonamides is 1. The maximum absolute atomic E-state index is 12.2. The Kier molecular flexibility index (Phi) is 4.13. The van der Waals surface area contributed by atoms with Crippen molar-refractivity contribution in [3.8, 4) is 0 Å². The van der Waals surface area contributed by atoms with E-state index >= 15 is 0 Å². The van der Waals surface area contributed by atoms with Crippen LogP contribution in [0, 0.1) is 0 Å². The first-order valence-electron chi connectivity index (χ1n) is 6.65. The number of carbonyl (C=O) groups is 2. The van der Waals surface area contributed by atoms with E-state index < -0.39 is 21.7 Å². The number of carbonyl (C=O) groups excluding carboxylic acids is 2. The molecule has 0 atom stereocenters. The molecule has 1 aliphatic heterocycles. The summed E-state index contributed by atoms with van der Waals surface area (Å²) in [5.41, 5.74) is 0.949. The van der Waals surface area contributed by atoms with Gasteiger partial charge in [0.25, 0.3) is 11.7 Å². The molecule has 0 saturated heterocycles. The van der Waals surface area contributed by atoms with E-state index in [1.165, 1.54) is 17.0 Å². The molecule has 0 spiro atoms. The molecule has 2 aromatic carbocycles. The fourth-order valence-electron chi connectivity index (χ4n) is 2.50. The number of hydrogen-bond donors (Lipinski definition) is 1. The van der Waals surface area contributed by atoms with Crippen molar-refractivity contribution in [2.24, 2.45) is 5.14 Å². The SMILES string of the molecule is NS(=O)(=O)c1ccc2c(c1)C(=O)C(=O)N2Cc1cc(Cl)cc(Cl)c1. The van der Waals surface area contributed by atoms with Crippen LogP contribution in [0.2, 0.25) is 10.0 Å². The minimum Gasteiger partial charge on any atom is -0.300 e. The van der Waals surface area contributed by atoms with Gasteiger partial charge >= 0.3 is 0 Å². The predicted octanol–water partition coefficient (Wildman–Crippen LogP) is 2.37. The summed E-state index contributed by atoms with van der Waals surface area (Å²) in [5, 5.41) is 5.86. The number of hydrogen-bond acceptors (Lipinski definition) is 4. The molecule has 3 rings (SSSR count). The smallest absolute Gasteiger partial charge is 0.299 e. The highest BCUT2D eigenvalue weighted by molar-refractivity contribution is 7.89. The van der Waals surface area contributed by atoms with Gasteiger partial charge in [-0.15, -0.1) is 0 Å². The highest BCUT2D eigenvalue weighted by atomic mass is 35.5. The van der Waals surface area contributed by atoms with Crippen LogP contribution >= 0.6 is 23.2 Å². The molecule has 1 heterocycles. The standard InChI is InChI=1S/C15H10Cl2N2O4S/c16-9-3-8(4-10(17)5-9)7-19-13-2-1-11(24(18,22)23)6-12(13)14(20)15(19)21/h1-6H,7H2,(H2,18,22,23). The number of rotatable bonds is 3. The average molecular weight is 385 g/mol. The number of sulfonamides is 1.